The van der Waals surface area contributed by atoms with Crippen LogP contribution in [0.5, 0.6) is 0 Å². The zero-order valence-electron chi connectivity index (χ0n) is 13.8. The highest BCUT2D eigenvalue weighted by molar-refractivity contribution is 5.01. The quantitative estimate of drug-likeness (QED) is 0.567. The molecule has 1 N–H and O–H groups in total. The van der Waals surface area contributed by atoms with Crippen molar-refractivity contribution >= 4 is 0 Å². The fourth-order valence-corrected chi connectivity index (χ4v) is 4.76. The van der Waals surface area contributed by atoms with Gasteiger partial charge in [-0.15, -0.1) is 0 Å². The van der Waals surface area contributed by atoms with Gasteiger partial charge in [0.05, 0.1) is 6.61 Å². The van der Waals surface area contributed by atoms with Gasteiger partial charge in [-0.25, -0.2) is 0 Å². The van der Waals surface area contributed by atoms with E-state index in [1.807, 2.05) is 0 Å². The fourth-order valence-electron chi connectivity index (χ4n) is 4.76. The van der Waals surface area contributed by atoms with Crippen molar-refractivity contribution in [3.05, 3.63) is 0 Å². The maximum atomic E-state index is 5.16. The Bertz CT molecular complexity index is 268. The van der Waals surface area contributed by atoms with Crippen LogP contribution in [0.3, 0.4) is 0 Å². The van der Waals surface area contributed by atoms with E-state index in [4.69, 9.17) is 4.74 Å². The molecule has 0 aromatic rings. The SMILES string of the molecule is CCCCCCCC1(CNCCOC)CC2CCC1C2. The molecule has 20 heavy (non-hydrogen) atoms. The van der Waals surface area contributed by atoms with Crippen LogP contribution in [-0.2, 0) is 4.74 Å². The molecule has 2 saturated carbocycles. The second-order valence-electron chi connectivity index (χ2n) is 7.28. The molecule has 0 aromatic heterocycles. The lowest BCUT2D eigenvalue weighted by Crippen LogP contribution is -2.39. The Morgan fingerprint density at radius 2 is 2.00 bits per heavy atom. The summed E-state index contributed by atoms with van der Waals surface area (Å²) in [6.07, 6.45) is 14.6. The molecule has 2 fully saturated rings. The Balaban J connectivity index is 1.75. The van der Waals surface area contributed by atoms with Crippen molar-refractivity contribution in [2.75, 3.05) is 26.8 Å². The van der Waals surface area contributed by atoms with Gasteiger partial charge in [-0.2, -0.15) is 0 Å². The van der Waals surface area contributed by atoms with E-state index < -0.39 is 0 Å². The number of fused-ring (bicyclic) bond motifs is 2. The smallest absolute Gasteiger partial charge is 0.0587 e. The Hall–Kier alpha value is -0.0800. The summed E-state index contributed by atoms with van der Waals surface area (Å²) in [7, 11) is 1.79. The first-order chi connectivity index (χ1) is 9.80. The van der Waals surface area contributed by atoms with Crippen LogP contribution in [0.1, 0.15) is 71.1 Å². The summed E-state index contributed by atoms with van der Waals surface area (Å²) in [4.78, 5) is 0. The van der Waals surface area contributed by atoms with Crippen LogP contribution in [0.15, 0.2) is 0 Å². The van der Waals surface area contributed by atoms with Gasteiger partial charge in [0.1, 0.15) is 0 Å². The van der Waals surface area contributed by atoms with Gasteiger partial charge < -0.3 is 10.1 Å². The van der Waals surface area contributed by atoms with Gasteiger partial charge in [-0.05, 0) is 42.9 Å². The Labute approximate surface area is 126 Å². The summed E-state index contributed by atoms with van der Waals surface area (Å²) in [5.74, 6) is 2.08. The lowest BCUT2D eigenvalue weighted by Gasteiger charge is -2.38. The highest BCUT2D eigenvalue weighted by Crippen LogP contribution is 2.57. The van der Waals surface area contributed by atoms with Gasteiger partial charge in [0.15, 0.2) is 0 Å². The number of hydrogen-bond acceptors (Lipinski definition) is 2. The molecular formula is C18H35NO. The van der Waals surface area contributed by atoms with Crippen LogP contribution in [0.4, 0.5) is 0 Å². The van der Waals surface area contributed by atoms with Crippen LogP contribution < -0.4 is 5.32 Å². The lowest BCUT2D eigenvalue weighted by atomic mass is 9.69. The topological polar surface area (TPSA) is 21.3 Å². The molecule has 118 valence electrons. The third-order valence-electron chi connectivity index (χ3n) is 5.84. The minimum absolute atomic E-state index is 0.642. The average Bonchev–Trinajstić information content (AvgIpc) is 3.05. The van der Waals surface area contributed by atoms with Crippen LogP contribution in [0.2, 0.25) is 0 Å². The second kappa shape index (κ2) is 8.38. The molecule has 0 heterocycles. The van der Waals surface area contributed by atoms with Gasteiger partial charge in [0.2, 0.25) is 0 Å². The van der Waals surface area contributed by atoms with Gasteiger partial charge in [-0.3, -0.25) is 0 Å². The number of hydrogen-bond donors (Lipinski definition) is 1. The third-order valence-corrected chi connectivity index (χ3v) is 5.84. The first kappa shape index (κ1) is 16.3. The minimum Gasteiger partial charge on any atom is -0.383 e. The van der Waals surface area contributed by atoms with Crippen molar-refractivity contribution in [2.24, 2.45) is 17.3 Å². The number of rotatable bonds is 11. The molecule has 2 heteroatoms. The molecular weight excluding hydrogens is 246 g/mol. The zero-order chi connectivity index (χ0) is 14.3. The van der Waals surface area contributed by atoms with Gasteiger partial charge in [0, 0.05) is 20.2 Å². The predicted molar refractivity (Wildman–Crippen MR) is 86.0 cm³/mol. The summed E-state index contributed by atoms with van der Waals surface area (Å²) in [6, 6.07) is 0. The maximum Gasteiger partial charge on any atom is 0.0587 e. The summed E-state index contributed by atoms with van der Waals surface area (Å²) in [5, 5.41) is 3.68. The predicted octanol–water partition coefficient (Wildman–Crippen LogP) is 4.39. The number of ether oxygens (including phenoxy) is 1. The summed E-state index contributed by atoms with van der Waals surface area (Å²) < 4.78 is 5.16. The van der Waals surface area contributed by atoms with Crippen LogP contribution in [0.25, 0.3) is 0 Å². The van der Waals surface area contributed by atoms with E-state index in [0.29, 0.717) is 5.41 Å². The summed E-state index contributed by atoms with van der Waals surface area (Å²) in [6.45, 7) is 5.41. The van der Waals surface area contributed by atoms with Gasteiger partial charge in [-0.1, -0.05) is 45.4 Å². The standard InChI is InChI=1S/C18H35NO/c1-3-4-5-6-7-10-18(15-19-11-12-20-2)14-16-8-9-17(18)13-16/h16-17,19H,3-15H2,1-2H3. The summed E-state index contributed by atoms with van der Waals surface area (Å²) >= 11 is 0. The monoisotopic (exact) mass is 281 g/mol. The molecule has 3 atom stereocenters. The fraction of sp³-hybridized carbons (Fsp3) is 1.00. The molecule has 0 radical (unpaired) electrons. The molecule has 2 bridgehead atoms. The van der Waals surface area contributed by atoms with E-state index in [2.05, 4.69) is 12.2 Å². The highest BCUT2D eigenvalue weighted by Gasteiger charge is 2.49. The molecule has 0 spiro atoms. The average molecular weight is 281 g/mol. The highest BCUT2D eigenvalue weighted by atomic mass is 16.5. The molecule has 0 amide bonds. The zero-order valence-corrected chi connectivity index (χ0v) is 13.8. The minimum atomic E-state index is 0.642. The molecule has 2 rings (SSSR count). The van der Waals surface area contributed by atoms with E-state index in [1.54, 1.807) is 7.11 Å². The van der Waals surface area contributed by atoms with E-state index in [-0.39, 0.29) is 0 Å². The van der Waals surface area contributed by atoms with Crippen molar-refractivity contribution in [3.63, 3.8) is 0 Å². The largest absolute Gasteiger partial charge is 0.383 e. The molecule has 2 aliphatic rings. The van der Waals surface area contributed by atoms with Crippen LogP contribution >= 0.6 is 0 Å². The van der Waals surface area contributed by atoms with Gasteiger partial charge >= 0.3 is 0 Å². The molecule has 3 unspecified atom stereocenters. The summed E-state index contributed by atoms with van der Waals surface area (Å²) in [5.41, 5.74) is 0.642. The van der Waals surface area contributed by atoms with Crippen LogP contribution in [0, 0.1) is 17.3 Å². The molecule has 2 nitrogen and oxygen atoms in total. The Morgan fingerprint density at radius 1 is 1.15 bits per heavy atom. The van der Waals surface area contributed by atoms with Crippen molar-refractivity contribution in [3.8, 4) is 0 Å². The number of nitrogens with one attached hydrogen (secondary N) is 1. The van der Waals surface area contributed by atoms with Crippen molar-refractivity contribution in [1.82, 2.24) is 5.32 Å². The molecule has 0 aromatic carbocycles. The van der Waals surface area contributed by atoms with Gasteiger partial charge in [0.25, 0.3) is 0 Å². The molecule has 0 saturated heterocycles. The van der Waals surface area contributed by atoms with E-state index in [1.165, 1.54) is 70.8 Å². The number of unbranched alkanes of at least 4 members (excludes halogenated alkanes) is 4. The Kier molecular flexibility index (Phi) is 6.83. The maximum absolute atomic E-state index is 5.16. The lowest BCUT2D eigenvalue weighted by molar-refractivity contribution is 0.130. The normalized spacial score (nSPS) is 32.1. The van der Waals surface area contributed by atoms with Crippen molar-refractivity contribution in [1.29, 1.82) is 0 Å². The van der Waals surface area contributed by atoms with Crippen molar-refractivity contribution in [2.45, 2.75) is 71.1 Å². The molecule has 2 aliphatic carbocycles. The Morgan fingerprint density at radius 3 is 2.65 bits per heavy atom. The third kappa shape index (κ3) is 4.21. The number of methoxy groups -OCH3 is 1. The van der Waals surface area contributed by atoms with E-state index in [0.717, 1.165) is 25.0 Å². The van der Waals surface area contributed by atoms with E-state index in [9.17, 15) is 0 Å². The first-order valence-corrected chi connectivity index (χ1v) is 9.00. The van der Waals surface area contributed by atoms with Crippen molar-refractivity contribution < 1.29 is 4.74 Å². The molecule has 0 aliphatic heterocycles. The first-order valence-electron chi connectivity index (χ1n) is 9.00. The second-order valence-corrected chi connectivity index (χ2v) is 7.28. The van der Waals surface area contributed by atoms with E-state index >= 15 is 0 Å². The van der Waals surface area contributed by atoms with Crippen LogP contribution in [-0.4, -0.2) is 26.8 Å².